The Bertz CT molecular complexity index is 1250. The lowest BCUT2D eigenvalue weighted by atomic mass is 9.83. The van der Waals surface area contributed by atoms with Crippen molar-refractivity contribution in [1.82, 2.24) is 0 Å². The van der Waals surface area contributed by atoms with Crippen molar-refractivity contribution in [3.05, 3.63) is 53.6 Å². The minimum Gasteiger partial charge on any atom is -0.490 e. The molecule has 1 nitrogen and oxygen atoms in total. The zero-order valence-corrected chi connectivity index (χ0v) is 19.0. The van der Waals surface area contributed by atoms with Crippen LogP contribution >= 0.6 is 11.3 Å². The van der Waals surface area contributed by atoms with E-state index in [9.17, 15) is 0 Å². The Kier molecular flexibility index (Phi) is 5.60. The van der Waals surface area contributed by atoms with E-state index >= 15 is 8.78 Å². The van der Waals surface area contributed by atoms with Gasteiger partial charge >= 0.3 is 0 Å². The number of benzene rings is 3. The normalized spacial score (nSPS) is 19.5. The van der Waals surface area contributed by atoms with Gasteiger partial charge in [-0.25, -0.2) is 8.78 Å². The monoisotopic (exact) mass is 438 g/mol. The molecule has 0 aliphatic heterocycles. The molecule has 3 aromatic carbocycles. The average molecular weight is 439 g/mol. The lowest BCUT2D eigenvalue weighted by Gasteiger charge is -2.26. The van der Waals surface area contributed by atoms with Crippen LogP contribution in [-0.4, -0.2) is 6.61 Å². The van der Waals surface area contributed by atoms with Gasteiger partial charge in [-0.2, -0.15) is 0 Å². The molecule has 5 rings (SSSR count). The second kappa shape index (κ2) is 8.38. The zero-order chi connectivity index (χ0) is 21.5. The molecular formula is C27H28F2OS. The maximum Gasteiger partial charge on any atom is 0.182 e. The Labute approximate surface area is 186 Å². The summed E-state index contributed by atoms with van der Waals surface area (Å²) in [5, 5.41) is 3.01. The summed E-state index contributed by atoms with van der Waals surface area (Å²) in [5.74, 6) is 0.954. The molecule has 1 aliphatic rings. The molecule has 0 amide bonds. The molecular weight excluding hydrogens is 410 g/mol. The van der Waals surface area contributed by atoms with Crippen LogP contribution < -0.4 is 4.74 Å². The van der Waals surface area contributed by atoms with E-state index in [2.05, 4.69) is 19.9 Å². The van der Waals surface area contributed by atoms with Crippen LogP contribution in [0.1, 0.15) is 51.5 Å². The van der Waals surface area contributed by atoms with E-state index in [4.69, 9.17) is 4.74 Å². The maximum absolute atomic E-state index is 15.4. The highest BCUT2D eigenvalue weighted by Crippen LogP contribution is 2.42. The number of aryl methyl sites for hydroxylation is 1. The van der Waals surface area contributed by atoms with Crippen LogP contribution in [0, 0.1) is 23.5 Å². The minimum atomic E-state index is -0.363. The molecule has 162 valence electrons. The van der Waals surface area contributed by atoms with Crippen LogP contribution in [-0.2, 0) is 6.42 Å². The Morgan fingerprint density at radius 2 is 1.68 bits per heavy atom. The number of hydrogen-bond acceptors (Lipinski definition) is 2. The molecule has 1 heterocycles. The lowest BCUT2D eigenvalue weighted by molar-refractivity contribution is 0.183. The summed E-state index contributed by atoms with van der Waals surface area (Å²) in [6.07, 6.45) is 6.68. The van der Waals surface area contributed by atoms with Gasteiger partial charge in [0, 0.05) is 16.2 Å². The minimum absolute atomic E-state index is 0.246. The summed E-state index contributed by atoms with van der Waals surface area (Å²) in [6, 6.07) is 11.6. The Hall–Kier alpha value is -2.20. The van der Waals surface area contributed by atoms with Gasteiger partial charge in [-0.05, 0) is 66.3 Å². The molecule has 4 aromatic rings. The molecule has 0 saturated heterocycles. The summed E-state index contributed by atoms with van der Waals surface area (Å²) in [4.78, 5) is 0. The lowest BCUT2D eigenvalue weighted by Crippen LogP contribution is -2.19. The first kappa shape index (κ1) is 20.7. The molecule has 0 bridgehead atoms. The summed E-state index contributed by atoms with van der Waals surface area (Å²) in [5.41, 5.74) is 1.13. The van der Waals surface area contributed by atoms with Crippen molar-refractivity contribution in [3.8, 4) is 5.75 Å². The molecule has 1 saturated carbocycles. The quantitative estimate of drug-likeness (QED) is 0.303. The van der Waals surface area contributed by atoms with Gasteiger partial charge in [-0.1, -0.05) is 45.2 Å². The third kappa shape index (κ3) is 3.80. The first-order valence-corrected chi connectivity index (χ1v) is 12.3. The molecule has 0 radical (unpaired) electrons. The van der Waals surface area contributed by atoms with Crippen molar-refractivity contribution in [2.45, 2.75) is 52.4 Å². The Morgan fingerprint density at radius 1 is 0.903 bits per heavy atom. The molecule has 1 fully saturated rings. The fourth-order valence-corrected chi connectivity index (χ4v) is 6.05. The van der Waals surface area contributed by atoms with Crippen LogP contribution in [0.15, 0.2) is 36.4 Å². The summed E-state index contributed by atoms with van der Waals surface area (Å²) in [6.45, 7) is 4.96. The van der Waals surface area contributed by atoms with Crippen LogP contribution in [0.5, 0.6) is 5.75 Å². The number of rotatable bonds is 5. The highest BCUT2D eigenvalue weighted by Gasteiger charge is 2.21. The van der Waals surface area contributed by atoms with Gasteiger partial charge in [0.1, 0.15) is 5.82 Å². The van der Waals surface area contributed by atoms with Gasteiger partial charge in [0.25, 0.3) is 0 Å². The van der Waals surface area contributed by atoms with Gasteiger partial charge < -0.3 is 4.74 Å². The molecule has 0 unspecified atom stereocenters. The number of halogens is 2. The molecule has 0 N–H and O–H groups in total. The van der Waals surface area contributed by atoms with Gasteiger partial charge in [0.05, 0.1) is 16.0 Å². The third-order valence-corrected chi connectivity index (χ3v) is 8.01. The standard InChI is InChI=1S/C27H28F2OS/c1-3-4-17-9-10-19-14-22-20-11-12-23(30-15-18-7-5-16(2)6-8-18)25(29)26(20)31-27(22)24(28)21(19)13-17/h9-14,16,18H,3-8,15H2,1-2H3. The first-order chi connectivity index (χ1) is 15.0. The van der Waals surface area contributed by atoms with E-state index in [1.165, 1.54) is 24.2 Å². The fraction of sp³-hybridized carbons (Fsp3) is 0.407. The molecule has 31 heavy (non-hydrogen) atoms. The summed E-state index contributed by atoms with van der Waals surface area (Å²) in [7, 11) is 0. The van der Waals surface area contributed by atoms with Gasteiger partial charge in [0.2, 0.25) is 0 Å². The second-order valence-electron chi connectivity index (χ2n) is 9.17. The largest absolute Gasteiger partial charge is 0.490 e. The smallest absolute Gasteiger partial charge is 0.182 e. The number of ether oxygens (including phenoxy) is 1. The van der Waals surface area contributed by atoms with Gasteiger partial charge in [-0.15, -0.1) is 11.3 Å². The summed E-state index contributed by atoms with van der Waals surface area (Å²) >= 11 is 1.19. The van der Waals surface area contributed by atoms with E-state index < -0.39 is 0 Å². The van der Waals surface area contributed by atoms with Gasteiger partial charge in [0.15, 0.2) is 11.6 Å². The van der Waals surface area contributed by atoms with Crippen LogP contribution in [0.4, 0.5) is 8.78 Å². The van der Waals surface area contributed by atoms with Crippen molar-refractivity contribution in [2.24, 2.45) is 11.8 Å². The van der Waals surface area contributed by atoms with Crippen LogP contribution in [0.25, 0.3) is 30.9 Å². The second-order valence-corrected chi connectivity index (χ2v) is 10.2. The fourth-order valence-electron chi connectivity index (χ4n) is 4.89. The summed E-state index contributed by atoms with van der Waals surface area (Å²) < 4.78 is 37.7. The molecule has 1 aromatic heterocycles. The molecule has 4 heteroatoms. The Morgan fingerprint density at radius 3 is 2.45 bits per heavy atom. The topological polar surface area (TPSA) is 9.23 Å². The Balaban J connectivity index is 1.52. The number of thiophene rings is 1. The molecule has 0 atom stereocenters. The van der Waals surface area contributed by atoms with E-state index in [-0.39, 0.29) is 17.4 Å². The maximum atomic E-state index is 15.4. The predicted octanol–water partition coefficient (Wildman–Crippen LogP) is 8.64. The third-order valence-electron chi connectivity index (χ3n) is 6.80. The van der Waals surface area contributed by atoms with E-state index in [0.29, 0.717) is 27.3 Å². The SMILES string of the molecule is CCCc1ccc2cc3c(sc4c(F)c(OCC5CCC(C)CC5)ccc43)c(F)c2c1. The van der Waals surface area contributed by atoms with Gasteiger partial charge in [-0.3, -0.25) is 0 Å². The highest BCUT2D eigenvalue weighted by molar-refractivity contribution is 7.26. The van der Waals surface area contributed by atoms with E-state index in [1.807, 2.05) is 24.3 Å². The predicted molar refractivity (Wildman–Crippen MR) is 127 cm³/mol. The average Bonchev–Trinajstić information content (AvgIpc) is 3.15. The van der Waals surface area contributed by atoms with Crippen molar-refractivity contribution in [2.75, 3.05) is 6.61 Å². The molecule has 1 aliphatic carbocycles. The number of hydrogen-bond donors (Lipinski definition) is 0. The van der Waals surface area contributed by atoms with Crippen LogP contribution in [0.2, 0.25) is 0 Å². The van der Waals surface area contributed by atoms with Crippen molar-refractivity contribution in [3.63, 3.8) is 0 Å². The van der Waals surface area contributed by atoms with Crippen LogP contribution in [0.3, 0.4) is 0 Å². The zero-order valence-electron chi connectivity index (χ0n) is 18.1. The van der Waals surface area contributed by atoms with E-state index in [1.54, 1.807) is 6.07 Å². The van der Waals surface area contributed by atoms with Crippen molar-refractivity contribution in [1.29, 1.82) is 0 Å². The number of fused-ring (bicyclic) bond motifs is 4. The van der Waals surface area contributed by atoms with E-state index in [0.717, 1.165) is 53.3 Å². The van der Waals surface area contributed by atoms with Crippen molar-refractivity contribution >= 4 is 42.3 Å². The first-order valence-electron chi connectivity index (χ1n) is 11.4. The highest BCUT2D eigenvalue weighted by atomic mass is 32.1. The molecule has 0 spiro atoms. The van der Waals surface area contributed by atoms with Crippen molar-refractivity contribution < 1.29 is 13.5 Å².